The van der Waals surface area contributed by atoms with E-state index in [9.17, 15) is 9.90 Å². The number of carbonyl (C=O) groups is 1. The lowest BCUT2D eigenvalue weighted by atomic mass is 9.85. The molecule has 2 unspecified atom stereocenters. The lowest BCUT2D eigenvalue weighted by Gasteiger charge is -2.28. The Hall–Kier alpha value is -1.75. The number of amides is 2. The second-order valence-corrected chi connectivity index (χ2v) is 6.33. The fourth-order valence-corrected chi connectivity index (χ4v) is 3.14. The van der Waals surface area contributed by atoms with Crippen molar-refractivity contribution < 1.29 is 14.6 Å². The van der Waals surface area contributed by atoms with Crippen LogP contribution in [0.2, 0.25) is 0 Å². The van der Waals surface area contributed by atoms with Crippen LogP contribution in [0.3, 0.4) is 0 Å². The molecule has 1 saturated carbocycles. The van der Waals surface area contributed by atoms with Gasteiger partial charge in [0.25, 0.3) is 0 Å². The molecule has 0 aliphatic heterocycles. The first-order valence-corrected chi connectivity index (χ1v) is 8.46. The van der Waals surface area contributed by atoms with Gasteiger partial charge in [0.1, 0.15) is 5.75 Å². The summed E-state index contributed by atoms with van der Waals surface area (Å²) in [6.45, 7) is 2.25. The van der Waals surface area contributed by atoms with Crippen molar-refractivity contribution in [3.63, 3.8) is 0 Å². The molecule has 23 heavy (non-hydrogen) atoms. The molecular formula is C18H28N2O3. The van der Waals surface area contributed by atoms with Crippen molar-refractivity contribution >= 4 is 6.03 Å². The second-order valence-electron chi connectivity index (χ2n) is 6.33. The Morgan fingerprint density at radius 2 is 1.91 bits per heavy atom. The summed E-state index contributed by atoms with van der Waals surface area (Å²) in [5.41, 5.74) is 0.756. The van der Waals surface area contributed by atoms with Gasteiger partial charge in [0.15, 0.2) is 0 Å². The number of hydrogen-bond acceptors (Lipinski definition) is 3. The van der Waals surface area contributed by atoms with Gasteiger partial charge in [-0.25, -0.2) is 4.79 Å². The average Bonchev–Trinajstić information content (AvgIpc) is 2.60. The zero-order valence-corrected chi connectivity index (χ0v) is 14.0. The van der Waals surface area contributed by atoms with Gasteiger partial charge in [-0.05, 0) is 43.4 Å². The molecule has 5 nitrogen and oxygen atoms in total. The molecule has 128 valence electrons. The zero-order valence-electron chi connectivity index (χ0n) is 14.0. The van der Waals surface area contributed by atoms with Crippen molar-refractivity contribution in [3.8, 4) is 5.75 Å². The molecule has 5 heteroatoms. The summed E-state index contributed by atoms with van der Waals surface area (Å²) in [7, 11) is 1.60. The number of nitrogens with one attached hydrogen (secondary N) is 2. The third-order valence-electron chi connectivity index (χ3n) is 4.67. The molecule has 0 radical (unpaired) electrons. The van der Waals surface area contributed by atoms with E-state index < -0.39 is 6.10 Å². The Bertz CT molecular complexity index is 484. The predicted octanol–water partition coefficient (Wildman–Crippen LogP) is 3.00. The number of ether oxygens (including phenoxy) is 1. The molecule has 2 atom stereocenters. The Kier molecular flexibility index (Phi) is 6.71. The van der Waals surface area contributed by atoms with Crippen LogP contribution in [0, 0.1) is 5.92 Å². The summed E-state index contributed by atoms with van der Waals surface area (Å²) in [5.74, 6) is 1.31. The van der Waals surface area contributed by atoms with Crippen molar-refractivity contribution in [2.75, 3.05) is 13.7 Å². The first-order chi connectivity index (χ1) is 11.1. The van der Waals surface area contributed by atoms with Crippen LogP contribution in [-0.2, 0) is 0 Å². The molecule has 3 N–H and O–H groups in total. The minimum absolute atomic E-state index is 0.174. The number of carbonyl (C=O) groups excluding carboxylic acids is 1. The molecule has 2 amide bonds. The Labute approximate surface area is 138 Å². The minimum atomic E-state index is -0.725. The smallest absolute Gasteiger partial charge is 0.315 e. The maximum absolute atomic E-state index is 12.0. The number of aliphatic hydroxyl groups is 1. The van der Waals surface area contributed by atoms with Crippen LogP contribution < -0.4 is 15.4 Å². The third-order valence-corrected chi connectivity index (χ3v) is 4.67. The van der Waals surface area contributed by atoms with Crippen molar-refractivity contribution in [3.05, 3.63) is 29.8 Å². The Balaban J connectivity index is 1.74. The highest BCUT2D eigenvalue weighted by Gasteiger charge is 2.21. The van der Waals surface area contributed by atoms with Gasteiger partial charge < -0.3 is 20.5 Å². The minimum Gasteiger partial charge on any atom is -0.497 e. The normalized spacial score (nSPS) is 18.0. The van der Waals surface area contributed by atoms with E-state index in [1.807, 2.05) is 0 Å². The molecule has 1 fully saturated rings. The van der Waals surface area contributed by atoms with Crippen LogP contribution >= 0.6 is 0 Å². The monoisotopic (exact) mass is 320 g/mol. The second kappa shape index (κ2) is 8.77. The van der Waals surface area contributed by atoms with Gasteiger partial charge in [-0.3, -0.25) is 0 Å². The van der Waals surface area contributed by atoms with Crippen LogP contribution in [0.1, 0.15) is 50.7 Å². The largest absolute Gasteiger partial charge is 0.497 e. The molecule has 1 aliphatic carbocycles. The van der Waals surface area contributed by atoms with E-state index >= 15 is 0 Å². The molecule has 1 aromatic carbocycles. The van der Waals surface area contributed by atoms with E-state index in [0.29, 0.717) is 5.92 Å². The van der Waals surface area contributed by atoms with E-state index in [-0.39, 0.29) is 18.6 Å². The van der Waals surface area contributed by atoms with Gasteiger partial charge in [0.2, 0.25) is 0 Å². The van der Waals surface area contributed by atoms with Gasteiger partial charge in [-0.2, -0.15) is 0 Å². The molecule has 0 heterocycles. The standard InChI is InChI=1S/C18H28N2O3/c1-13(14-6-4-3-5-7-14)20-18(22)19-12-17(21)15-8-10-16(23-2)11-9-15/h8-11,13-14,17,21H,3-7,12H2,1-2H3,(H2,19,20,22). The lowest BCUT2D eigenvalue weighted by molar-refractivity contribution is 0.171. The summed E-state index contributed by atoms with van der Waals surface area (Å²) in [6.07, 6.45) is 5.48. The summed E-state index contributed by atoms with van der Waals surface area (Å²) in [5, 5.41) is 15.9. The highest BCUT2D eigenvalue weighted by molar-refractivity contribution is 5.74. The number of urea groups is 1. The lowest BCUT2D eigenvalue weighted by Crippen LogP contribution is -2.45. The summed E-state index contributed by atoms with van der Waals surface area (Å²) in [4.78, 5) is 12.0. The van der Waals surface area contributed by atoms with Gasteiger partial charge in [-0.15, -0.1) is 0 Å². The van der Waals surface area contributed by atoms with E-state index in [1.165, 1.54) is 32.1 Å². The summed E-state index contributed by atoms with van der Waals surface area (Å²) in [6, 6.07) is 7.15. The van der Waals surface area contributed by atoms with Crippen LogP contribution in [0.4, 0.5) is 4.79 Å². The van der Waals surface area contributed by atoms with Gasteiger partial charge >= 0.3 is 6.03 Å². The first kappa shape index (κ1) is 17.6. The van der Waals surface area contributed by atoms with E-state index in [1.54, 1.807) is 31.4 Å². The average molecular weight is 320 g/mol. The number of aliphatic hydroxyl groups excluding tert-OH is 1. The molecule has 0 bridgehead atoms. The van der Waals surface area contributed by atoms with Gasteiger partial charge in [-0.1, -0.05) is 31.4 Å². The predicted molar refractivity (Wildman–Crippen MR) is 90.5 cm³/mol. The topological polar surface area (TPSA) is 70.6 Å². The number of methoxy groups -OCH3 is 1. The Morgan fingerprint density at radius 3 is 2.52 bits per heavy atom. The van der Waals surface area contributed by atoms with Crippen LogP contribution in [0.15, 0.2) is 24.3 Å². The van der Waals surface area contributed by atoms with Crippen molar-refractivity contribution in [2.45, 2.75) is 51.2 Å². The highest BCUT2D eigenvalue weighted by atomic mass is 16.5. The van der Waals surface area contributed by atoms with Crippen LogP contribution in [0.5, 0.6) is 5.75 Å². The molecule has 1 aromatic rings. The van der Waals surface area contributed by atoms with Crippen molar-refractivity contribution in [1.29, 1.82) is 0 Å². The van der Waals surface area contributed by atoms with Crippen LogP contribution in [-0.4, -0.2) is 30.8 Å². The number of hydrogen-bond donors (Lipinski definition) is 3. The number of rotatable bonds is 6. The quantitative estimate of drug-likeness (QED) is 0.754. The van der Waals surface area contributed by atoms with E-state index in [2.05, 4.69) is 17.6 Å². The third kappa shape index (κ3) is 5.43. The maximum Gasteiger partial charge on any atom is 0.315 e. The molecular weight excluding hydrogens is 292 g/mol. The molecule has 0 saturated heterocycles. The zero-order chi connectivity index (χ0) is 16.7. The van der Waals surface area contributed by atoms with E-state index in [4.69, 9.17) is 4.74 Å². The Morgan fingerprint density at radius 1 is 1.26 bits per heavy atom. The first-order valence-electron chi connectivity index (χ1n) is 8.46. The maximum atomic E-state index is 12.0. The van der Waals surface area contributed by atoms with Crippen molar-refractivity contribution in [1.82, 2.24) is 10.6 Å². The molecule has 0 aromatic heterocycles. The van der Waals surface area contributed by atoms with Crippen molar-refractivity contribution in [2.24, 2.45) is 5.92 Å². The number of benzene rings is 1. The molecule has 0 spiro atoms. The summed E-state index contributed by atoms with van der Waals surface area (Å²) < 4.78 is 5.09. The highest BCUT2D eigenvalue weighted by Crippen LogP contribution is 2.26. The fraction of sp³-hybridized carbons (Fsp3) is 0.611. The summed E-state index contributed by atoms with van der Waals surface area (Å²) >= 11 is 0. The van der Waals surface area contributed by atoms with Gasteiger partial charge in [0.05, 0.1) is 13.2 Å². The molecule has 1 aliphatic rings. The fourth-order valence-electron chi connectivity index (χ4n) is 3.14. The van der Waals surface area contributed by atoms with E-state index in [0.717, 1.165) is 11.3 Å². The van der Waals surface area contributed by atoms with Crippen LogP contribution in [0.25, 0.3) is 0 Å². The molecule has 2 rings (SSSR count). The van der Waals surface area contributed by atoms with Gasteiger partial charge in [0, 0.05) is 12.6 Å². The SMILES string of the molecule is COc1ccc(C(O)CNC(=O)NC(C)C2CCCCC2)cc1.